The summed E-state index contributed by atoms with van der Waals surface area (Å²) in [6.45, 7) is 0.790. The molecular formula is C21H23N3O6. The second-order valence-electron chi connectivity index (χ2n) is 6.51. The Kier molecular flexibility index (Phi) is 6.41. The van der Waals surface area contributed by atoms with Crippen LogP contribution >= 0.6 is 0 Å². The van der Waals surface area contributed by atoms with Crippen LogP contribution in [0.2, 0.25) is 0 Å². The lowest BCUT2D eigenvalue weighted by atomic mass is 10.2. The molecule has 1 heterocycles. The number of hydrogen-bond acceptors (Lipinski definition) is 6. The molecule has 2 aromatic rings. The van der Waals surface area contributed by atoms with Gasteiger partial charge in [0.05, 0.1) is 26.9 Å². The number of rotatable bonds is 7. The molecule has 0 saturated carbocycles. The summed E-state index contributed by atoms with van der Waals surface area (Å²) in [7, 11) is 4.38. The molecule has 0 aromatic heterocycles. The molecule has 0 aliphatic carbocycles. The van der Waals surface area contributed by atoms with Crippen molar-refractivity contribution in [1.82, 2.24) is 4.90 Å². The number of hydrogen-bond donors (Lipinski definition) is 1. The Morgan fingerprint density at radius 1 is 0.967 bits per heavy atom. The fraction of sp³-hybridized carbons (Fsp3) is 0.286. The second kappa shape index (κ2) is 9.17. The van der Waals surface area contributed by atoms with Crippen molar-refractivity contribution < 1.29 is 28.6 Å². The molecule has 1 aliphatic heterocycles. The molecule has 2 aromatic carbocycles. The highest BCUT2D eigenvalue weighted by atomic mass is 16.5. The van der Waals surface area contributed by atoms with Gasteiger partial charge in [-0.05, 0) is 36.4 Å². The van der Waals surface area contributed by atoms with Crippen LogP contribution in [0.5, 0.6) is 11.5 Å². The van der Waals surface area contributed by atoms with Crippen molar-refractivity contribution in [3.63, 3.8) is 0 Å². The van der Waals surface area contributed by atoms with E-state index in [1.165, 1.54) is 19.1 Å². The van der Waals surface area contributed by atoms with Crippen LogP contribution in [0.25, 0.3) is 0 Å². The van der Waals surface area contributed by atoms with Gasteiger partial charge in [0.25, 0.3) is 0 Å². The molecule has 9 heteroatoms. The molecule has 0 unspecified atom stereocenters. The first-order chi connectivity index (χ1) is 14.5. The van der Waals surface area contributed by atoms with Gasteiger partial charge in [-0.1, -0.05) is 0 Å². The third-order valence-electron chi connectivity index (χ3n) is 4.70. The fourth-order valence-corrected chi connectivity index (χ4v) is 3.14. The Morgan fingerprint density at radius 3 is 2.30 bits per heavy atom. The number of methoxy groups -OCH3 is 3. The summed E-state index contributed by atoms with van der Waals surface area (Å²) in [5.41, 5.74) is 1.57. The van der Waals surface area contributed by atoms with Gasteiger partial charge in [-0.2, -0.15) is 0 Å². The lowest BCUT2D eigenvalue weighted by Crippen LogP contribution is -2.37. The smallest absolute Gasteiger partial charge is 0.337 e. The Hall–Kier alpha value is -3.75. The van der Waals surface area contributed by atoms with Gasteiger partial charge in [0, 0.05) is 30.5 Å². The zero-order valence-corrected chi connectivity index (χ0v) is 17.0. The van der Waals surface area contributed by atoms with Gasteiger partial charge in [0.2, 0.25) is 5.91 Å². The van der Waals surface area contributed by atoms with E-state index in [9.17, 15) is 14.4 Å². The highest BCUT2D eigenvalue weighted by molar-refractivity contribution is 5.99. The Morgan fingerprint density at radius 2 is 1.67 bits per heavy atom. The van der Waals surface area contributed by atoms with E-state index in [1.807, 2.05) is 0 Å². The molecule has 3 amide bonds. The summed E-state index contributed by atoms with van der Waals surface area (Å²) in [6.07, 6.45) is 0. The van der Waals surface area contributed by atoms with Crippen LogP contribution in [0.1, 0.15) is 10.4 Å². The summed E-state index contributed by atoms with van der Waals surface area (Å²) in [5.74, 6) is 0.311. The van der Waals surface area contributed by atoms with Crippen LogP contribution in [-0.2, 0) is 9.53 Å². The number of benzene rings is 2. The van der Waals surface area contributed by atoms with Gasteiger partial charge >= 0.3 is 12.0 Å². The van der Waals surface area contributed by atoms with Crippen molar-refractivity contribution in [2.24, 2.45) is 0 Å². The van der Waals surface area contributed by atoms with Crippen LogP contribution in [-0.4, -0.2) is 63.8 Å². The predicted molar refractivity (Wildman–Crippen MR) is 110 cm³/mol. The maximum atomic E-state index is 12.7. The van der Waals surface area contributed by atoms with E-state index in [2.05, 4.69) is 10.1 Å². The number of esters is 1. The van der Waals surface area contributed by atoms with Gasteiger partial charge in [-0.15, -0.1) is 0 Å². The highest BCUT2D eigenvalue weighted by Gasteiger charge is 2.31. The molecule has 1 saturated heterocycles. The average molecular weight is 413 g/mol. The number of anilines is 2. The van der Waals surface area contributed by atoms with Crippen LogP contribution in [0, 0.1) is 0 Å². The number of amides is 3. The molecule has 1 N–H and O–H groups in total. The minimum Gasteiger partial charge on any atom is -0.493 e. The molecule has 158 valence electrons. The average Bonchev–Trinajstić information content (AvgIpc) is 3.13. The van der Waals surface area contributed by atoms with Gasteiger partial charge in [0.1, 0.15) is 6.54 Å². The SMILES string of the molecule is COC(=O)c1ccc(NC(=O)CN2CCN(c3ccc(OC)c(OC)c3)C2=O)cc1. The summed E-state index contributed by atoms with van der Waals surface area (Å²) in [5, 5.41) is 2.72. The van der Waals surface area contributed by atoms with Crippen molar-refractivity contribution in [2.75, 3.05) is 51.2 Å². The van der Waals surface area contributed by atoms with Crippen molar-refractivity contribution in [2.45, 2.75) is 0 Å². The quantitative estimate of drug-likeness (QED) is 0.700. The Labute approximate surface area is 174 Å². The minimum atomic E-state index is -0.453. The van der Waals surface area contributed by atoms with E-state index in [1.54, 1.807) is 54.5 Å². The summed E-state index contributed by atoms with van der Waals surface area (Å²) >= 11 is 0. The van der Waals surface area contributed by atoms with E-state index in [-0.39, 0.29) is 18.5 Å². The Balaban J connectivity index is 1.61. The number of nitrogens with zero attached hydrogens (tertiary/aromatic N) is 2. The van der Waals surface area contributed by atoms with Crippen molar-refractivity contribution in [1.29, 1.82) is 0 Å². The zero-order chi connectivity index (χ0) is 21.7. The number of carbonyl (C=O) groups is 3. The van der Waals surface area contributed by atoms with Crippen molar-refractivity contribution in [3.8, 4) is 11.5 Å². The topological polar surface area (TPSA) is 97.4 Å². The van der Waals surface area contributed by atoms with Gasteiger partial charge in [-0.3, -0.25) is 9.69 Å². The maximum absolute atomic E-state index is 12.7. The van der Waals surface area contributed by atoms with E-state index < -0.39 is 5.97 Å². The zero-order valence-electron chi connectivity index (χ0n) is 17.0. The normalized spacial score (nSPS) is 13.2. The van der Waals surface area contributed by atoms with Crippen LogP contribution < -0.4 is 19.7 Å². The highest BCUT2D eigenvalue weighted by Crippen LogP contribution is 2.32. The van der Waals surface area contributed by atoms with E-state index in [0.29, 0.717) is 41.5 Å². The first-order valence-electron chi connectivity index (χ1n) is 9.23. The maximum Gasteiger partial charge on any atom is 0.337 e. The monoisotopic (exact) mass is 413 g/mol. The number of nitrogens with one attached hydrogen (secondary N) is 1. The van der Waals surface area contributed by atoms with Crippen LogP contribution in [0.15, 0.2) is 42.5 Å². The summed E-state index contributed by atoms with van der Waals surface area (Å²) < 4.78 is 15.2. The third kappa shape index (κ3) is 4.45. The number of urea groups is 1. The summed E-state index contributed by atoms with van der Waals surface area (Å²) in [6, 6.07) is 11.3. The van der Waals surface area contributed by atoms with Gasteiger partial charge in [0.15, 0.2) is 11.5 Å². The molecule has 0 bridgehead atoms. The number of ether oxygens (including phenoxy) is 3. The molecular weight excluding hydrogens is 390 g/mol. The molecule has 3 rings (SSSR count). The minimum absolute atomic E-state index is 0.0820. The molecule has 0 atom stereocenters. The van der Waals surface area contributed by atoms with E-state index >= 15 is 0 Å². The summed E-state index contributed by atoms with van der Waals surface area (Å²) in [4.78, 5) is 39.6. The molecule has 1 aliphatic rings. The third-order valence-corrected chi connectivity index (χ3v) is 4.70. The predicted octanol–water partition coefficient (Wildman–Crippen LogP) is 2.37. The number of carbonyl (C=O) groups excluding carboxylic acids is 3. The van der Waals surface area contributed by atoms with Crippen molar-refractivity contribution in [3.05, 3.63) is 48.0 Å². The standard InChI is InChI=1S/C21H23N3O6/c1-28-17-9-8-16(12-18(17)29-2)24-11-10-23(21(24)27)13-19(25)22-15-6-4-14(5-7-15)20(26)30-3/h4-9,12H,10-11,13H2,1-3H3,(H,22,25). The van der Waals surface area contributed by atoms with E-state index in [4.69, 9.17) is 9.47 Å². The lowest BCUT2D eigenvalue weighted by molar-refractivity contribution is -0.116. The van der Waals surface area contributed by atoms with Crippen molar-refractivity contribution >= 4 is 29.3 Å². The first-order valence-corrected chi connectivity index (χ1v) is 9.23. The fourth-order valence-electron chi connectivity index (χ4n) is 3.14. The molecule has 0 spiro atoms. The largest absolute Gasteiger partial charge is 0.493 e. The van der Waals surface area contributed by atoms with E-state index in [0.717, 1.165) is 0 Å². The van der Waals surface area contributed by atoms with Crippen LogP contribution in [0.3, 0.4) is 0 Å². The molecule has 0 radical (unpaired) electrons. The molecule has 30 heavy (non-hydrogen) atoms. The van der Waals surface area contributed by atoms with Gasteiger partial charge < -0.3 is 24.4 Å². The van der Waals surface area contributed by atoms with Crippen LogP contribution in [0.4, 0.5) is 16.2 Å². The lowest BCUT2D eigenvalue weighted by Gasteiger charge is -2.19. The molecule has 1 fully saturated rings. The Bertz CT molecular complexity index is 944. The van der Waals surface area contributed by atoms with Gasteiger partial charge in [-0.25, -0.2) is 9.59 Å². The first kappa shape index (κ1) is 21.0. The molecule has 9 nitrogen and oxygen atoms in total. The second-order valence-corrected chi connectivity index (χ2v) is 6.51.